The second-order valence-corrected chi connectivity index (χ2v) is 7.22. The summed E-state index contributed by atoms with van der Waals surface area (Å²) in [5.41, 5.74) is 7.94. The Morgan fingerprint density at radius 1 is 1.19 bits per heavy atom. The number of nitrogen functional groups attached to an aromatic ring is 1. The zero-order valence-electron chi connectivity index (χ0n) is 11.4. The molecule has 0 heterocycles. The molecule has 2 aromatic rings. The van der Waals surface area contributed by atoms with E-state index in [0.717, 1.165) is 17.2 Å². The molecule has 2 aromatic carbocycles. The van der Waals surface area contributed by atoms with Crippen LogP contribution >= 0.6 is 15.9 Å². The van der Waals surface area contributed by atoms with Crippen LogP contribution in [0, 0.1) is 19.7 Å². The van der Waals surface area contributed by atoms with E-state index in [1.807, 2.05) is 6.92 Å². The van der Waals surface area contributed by atoms with E-state index in [4.69, 9.17) is 5.73 Å². The summed E-state index contributed by atoms with van der Waals surface area (Å²) in [6.07, 6.45) is 0. The minimum absolute atomic E-state index is 0.0410. The number of benzene rings is 2. The van der Waals surface area contributed by atoms with E-state index in [0.29, 0.717) is 10.2 Å². The van der Waals surface area contributed by atoms with Crippen molar-refractivity contribution in [3.63, 3.8) is 0 Å². The van der Waals surface area contributed by atoms with Crippen molar-refractivity contribution in [2.24, 2.45) is 0 Å². The lowest BCUT2D eigenvalue weighted by Gasteiger charge is -2.12. The first-order valence-electron chi connectivity index (χ1n) is 6.05. The molecule has 0 aliphatic carbocycles. The number of aryl methyl sites for hydroxylation is 1. The molecule has 0 amide bonds. The molecule has 4 nitrogen and oxygen atoms in total. The smallest absolute Gasteiger partial charge is 0.262 e. The molecular weight excluding hydrogens is 359 g/mol. The molecule has 2 rings (SSSR count). The summed E-state index contributed by atoms with van der Waals surface area (Å²) in [6.45, 7) is 3.60. The Morgan fingerprint density at radius 2 is 1.86 bits per heavy atom. The van der Waals surface area contributed by atoms with Crippen molar-refractivity contribution >= 4 is 37.3 Å². The highest BCUT2D eigenvalue weighted by Crippen LogP contribution is 2.27. The maximum absolute atomic E-state index is 13.2. The van der Waals surface area contributed by atoms with Crippen LogP contribution in [0.25, 0.3) is 0 Å². The van der Waals surface area contributed by atoms with Gasteiger partial charge in [0.25, 0.3) is 10.0 Å². The molecule has 21 heavy (non-hydrogen) atoms. The van der Waals surface area contributed by atoms with Crippen LogP contribution in [0.15, 0.2) is 39.7 Å². The number of hydrogen-bond acceptors (Lipinski definition) is 3. The van der Waals surface area contributed by atoms with Crippen molar-refractivity contribution in [1.82, 2.24) is 0 Å². The number of rotatable bonds is 3. The lowest BCUT2D eigenvalue weighted by molar-refractivity contribution is 0.601. The van der Waals surface area contributed by atoms with Gasteiger partial charge in [0, 0.05) is 10.2 Å². The normalized spacial score (nSPS) is 11.4. The van der Waals surface area contributed by atoms with Crippen molar-refractivity contribution < 1.29 is 12.8 Å². The summed E-state index contributed by atoms with van der Waals surface area (Å²) >= 11 is 3.18. The molecule has 0 spiro atoms. The number of hydrogen-bond donors (Lipinski definition) is 2. The van der Waals surface area contributed by atoms with Crippen LogP contribution < -0.4 is 10.5 Å². The van der Waals surface area contributed by atoms with Gasteiger partial charge in [-0.3, -0.25) is 4.72 Å². The lowest BCUT2D eigenvalue weighted by atomic mass is 10.1. The first-order chi connectivity index (χ1) is 9.70. The van der Waals surface area contributed by atoms with E-state index in [9.17, 15) is 12.8 Å². The van der Waals surface area contributed by atoms with Crippen LogP contribution in [0.2, 0.25) is 0 Å². The van der Waals surface area contributed by atoms with Gasteiger partial charge in [0.05, 0.1) is 10.6 Å². The maximum Gasteiger partial charge on any atom is 0.262 e. The van der Waals surface area contributed by atoms with E-state index in [-0.39, 0.29) is 10.6 Å². The van der Waals surface area contributed by atoms with Gasteiger partial charge < -0.3 is 5.73 Å². The first kappa shape index (κ1) is 15.8. The Bertz CT molecular complexity index is 784. The zero-order chi connectivity index (χ0) is 15.8. The lowest BCUT2D eigenvalue weighted by Crippen LogP contribution is -2.14. The molecule has 0 atom stereocenters. The Hall–Kier alpha value is -1.60. The molecule has 3 N–H and O–H groups in total. The van der Waals surface area contributed by atoms with E-state index >= 15 is 0 Å². The molecule has 0 unspecified atom stereocenters. The van der Waals surface area contributed by atoms with Gasteiger partial charge in [-0.2, -0.15) is 0 Å². The molecule has 0 saturated heterocycles. The van der Waals surface area contributed by atoms with Crippen molar-refractivity contribution in [1.29, 1.82) is 0 Å². The van der Waals surface area contributed by atoms with Crippen LogP contribution in [0.3, 0.4) is 0 Å². The molecule has 0 fully saturated rings. The number of nitrogens with one attached hydrogen (secondary N) is 1. The van der Waals surface area contributed by atoms with Gasteiger partial charge in [-0.1, -0.05) is 0 Å². The van der Waals surface area contributed by atoms with E-state index in [1.165, 1.54) is 24.3 Å². The third-order valence-electron chi connectivity index (χ3n) is 3.16. The molecule has 0 saturated carbocycles. The Balaban J connectivity index is 2.46. The van der Waals surface area contributed by atoms with Crippen LogP contribution in [0.5, 0.6) is 0 Å². The van der Waals surface area contributed by atoms with Gasteiger partial charge in [0.2, 0.25) is 0 Å². The fourth-order valence-electron chi connectivity index (χ4n) is 1.79. The molecule has 0 aliphatic rings. The largest absolute Gasteiger partial charge is 0.398 e. The third kappa shape index (κ3) is 3.36. The van der Waals surface area contributed by atoms with Crippen LogP contribution in [-0.2, 0) is 10.0 Å². The van der Waals surface area contributed by atoms with Crippen molar-refractivity contribution in [3.8, 4) is 0 Å². The highest BCUT2D eigenvalue weighted by Gasteiger charge is 2.18. The predicted molar refractivity (Wildman–Crippen MR) is 85.2 cm³/mol. The van der Waals surface area contributed by atoms with Crippen molar-refractivity contribution in [3.05, 3.63) is 51.7 Å². The molecular formula is C14H14BrFN2O2S. The topological polar surface area (TPSA) is 72.2 Å². The summed E-state index contributed by atoms with van der Waals surface area (Å²) in [7, 11) is -3.84. The SMILES string of the molecule is Cc1cc(S(=O)(=O)Nc2cc(F)ccc2Br)cc(N)c1C. The highest BCUT2D eigenvalue weighted by atomic mass is 79.9. The summed E-state index contributed by atoms with van der Waals surface area (Å²) < 4.78 is 40.8. The number of nitrogens with two attached hydrogens (primary N) is 1. The van der Waals surface area contributed by atoms with Crippen molar-refractivity contribution in [2.45, 2.75) is 18.7 Å². The summed E-state index contributed by atoms with van der Waals surface area (Å²) in [5.74, 6) is -0.532. The average molecular weight is 373 g/mol. The number of halogens is 2. The monoisotopic (exact) mass is 372 g/mol. The second kappa shape index (κ2) is 5.65. The first-order valence-corrected chi connectivity index (χ1v) is 8.33. The van der Waals surface area contributed by atoms with Crippen LogP contribution in [0.4, 0.5) is 15.8 Å². The van der Waals surface area contributed by atoms with Crippen molar-refractivity contribution in [2.75, 3.05) is 10.5 Å². The minimum atomic E-state index is -3.84. The molecule has 7 heteroatoms. The number of anilines is 2. The number of sulfonamides is 1. The van der Waals surface area contributed by atoms with Gasteiger partial charge >= 0.3 is 0 Å². The second-order valence-electron chi connectivity index (χ2n) is 4.68. The fraction of sp³-hybridized carbons (Fsp3) is 0.143. The van der Waals surface area contributed by atoms with Crippen LogP contribution in [0.1, 0.15) is 11.1 Å². The summed E-state index contributed by atoms with van der Waals surface area (Å²) in [6, 6.07) is 6.68. The fourth-order valence-corrected chi connectivity index (χ4v) is 3.45. The van der Waals surface area contributed by atoms with Gasteiger partial charge in [-0.15, -0.1) is 0 Å². The molecule has 0 radical (unpaired) electrons. The van der Waals surface area contributed by atoms with Crippen LogP contribution in [-0.4, -0.2) is 8.42 Å². The summed E-state index contributed by atoms with van der Waals surface area (Å²) in [4.78, 5) is 0.0410. The highest BCUT2D eigenvalue weighted by molar-refractivity contribution is 9.10. The standard InChI is InChI=1S/C14H14BrFN2O2S/c1-8-5-11(7-13(17)9(8)2)21(19,20)18-14-6-10(16)3-4-12(14)15/h3-7,18H,17H2,1-2H3. The van der Waals surface area contributed by atoms with E-state index in [2.05, 4.69) is 20.7 Å². The quantitative estimate of drug-likeness (QED) is 0.808. The summed E-state index contributed by atoms with van der Waals surface area (Å²) in [5, 5.41) is 0. The zero-order valence-corrected chi connectivity index (χ0v) is 13.8. The molecule has 0 aliphatic heterocycles. The van der Waals surface area contributed by atoms with Gasteiger partial charge in [0.15, 0.2) is 0 Å². The van der Waals surface area contributed by atoms with Gasteiger partial charge in [0.1, 0.15) is 5.82 Å². The van der Waals surface area contributed by atoms with E-state index < -0.39 is 15.8 Å². The Kier molecular flexibility index (Phi) is 4.25. The molecule has 0 aromatic heterocycles. The molecule has 112 valence electrons. The Labute approximate surface area is 131 Å². The average Bonchev–Trinajstić information content (AvgIpc) is 2.39. The minimum Gasteiger partial charge on any atom is -0.398 e. The Morgan fingerprint density at radius 3 is 2.48 bits per heavy atom. The maximum atomic E-state index is 13.2. The van der Waals surface area contributed by atoms with E-state index in [1.54, 1.807) is 6.92 Å². The predicted octanol–water partition coefficient (Wildman–Crippen LogP) is 3.59. The third-order valence-corrected chi connectivity index (χ3v) is 5.20. The van der Waals surface area contributed by atoms with Gasteiger partial charge in [-0.05, 0) is 71.2 Å². The van der Waals surface area contributed by atoms with Gasteiger partial charge in [-0.25, -0.2) is 12.8 Å². The molecule has 0 bridgehead atoms.